The predicted molar refractivity (Wildman–Crippen MR) is 68.4 cm³/mol. The number of halogens is 3. The molecular weight excluding hydrogens is 287 g/mol. The van der Waals surface area contributed by atoms with Gasteiger partial charge in [0.05, 0.1) is 0 Å². The standard InChI is InChI=1S/C13H14F3N3O2/c14-7-5-9(15)12(10(16)6-7)13(20)19(8-1-2-8)4-3-11(17)18-21/h5-6,8,21H,1-4H2,(H2,17,18). The molecule has 0 atom stereocenters. The van der Waals surface area contributed by atoms with Crippen molar-refractivity contribution in [3.8, 4) is 0 Å². The second-order valence-electron chi connectivity index (χ2n) is 4.82. The molecule has 1 saturated carbocycles. The molecule has 114 valence electrons. The molecule has 0 aliphatic heterocycles. The van der Waals surface area contributed by atoms with Gasteiger partial charge < -0.3 is 15.8 Å². The second kappa shape index (κ2) is 6.02. The van der Waals surface area contributed by atoms with Crippen LogP contribution >= 0.6 is 0 Å². The van der Waals surface area contributed by atoms with E-state index in [0.717, 1.165) is 0 Å². The van der Waals surface area contributed by atoms with E-state index in [1.807, 2.05) is 0 Å². The van der Waals surface area contributed by atoms with Crippen LogP contribution in [0, 0.1) is 17.5 Å². The molecule has 0 spiro atoms. The Labute approximate surface area is 118 Å². The highest BCUT2D eigenvalue weighted by Gasteiger charge is 2.35. The van der Waals surface area contributed by atoms with Gasteiger partial charge in [-0.1, -0.05) is 5.16 Å². The van der Waals surface area contributed by atoms with E-state index in [4.69, 9.17) is 10.9 Å². The molecule has 0 bridgehead atoms. The van der Waals surface area contributed by atoms with Gasteiger partial charge in [-0.15, -0.1) is 0 Å². The van der Waals surface area contributed by atoms with Crippen LogP contribution < -0.4 is 5.73 Å². The molecule has 1 amide bonds. The number of carbonyl (C=O) groups is 1. The Balaban J connectivity index is 2.23. The third kappa shape index (κ3) is 3.45. The Hall–Kier alpha value is -2.25. The number of nitrogens with zero attached hydrogens (tertiary/aromatic N) is 2. The summed E-state index contributed by atoms with van der Waals surface area (Å²) in [5, 5.41) is 11.3. The smallest absolute Gasteiger partial charge is 0.260 e. The van der Waals surface area contributed by atoms with Crippen molar-refractivity contribution in [2.75, 3.05) is 6.54 Å². The lowest BCUT2D eigenvalue weighted by Gasteiger charge is -2.22. The Morgan fingerprint density at radius 1 is 1.33 bits per heavy atom. The van der Waals surface area contributed by atoms with Crippen LogP contribution in [0.15, 0.2) is 17.3 Å². The summed E-state index contributed by atoms with van der Waals surface area (Å²) in [7, 11) is 0. The van der Waals surface area contributed by atoms with E-state index < -0.39 is 28.9 Å². The molecular formula is C13H14F3N3O2. The van der Waals surface area contributed by atoms with Gasteiger partial charge in [-0.2, -0.15) is 0 Å². The average molecular weight is 301 g/mol. The van der Waals surface area contributed by atoms with Crippen molar-refractivity contribution in [1.29, 1.82) is 0 Å². The summed E-state index contributed by atoms with van der Waals surface area (Å²) in [5.41, 5.74) is 4.54. The Morgan fingerprint density at radius 3 is 2.38 bits per heavy atom. The molecule has 8 heteroatoms. The Morgan fingerprint density at radius 2 is 1.90 bits per heavy atom. The third-order valence-electron chi connectivity index (χ3n) is 3.21. The molecule has 1 aromatic rings. The van der Waals surface area contributed by atoms with E-state index in [2.05, 4.69) is 5.16 Å². The summed E-state index contributed by atoms with van der Waals surface area (Å²) in [6.07, 6.45) is 1.50. The molecule has 0 unspecified atom stereocenters. The van der Waals surface area contributed by atoms with Crippen LogP contribution in [0.1, 0.15) is 29.6 Å². The lowest BCUT2D eigenvalue weighted by molar-refractivity contribution is 0.0737. The van der Waals surface area contributed by atoms with Crippen molar-refractivity contribution in [3.63, 3.8) is 0 Å². The quantitative estimate of drug-likeness (QED) is 0.377. The predicted octanol–water partition coefficient (Wildman–Crippen LogP) is 1.84. The van der Waals surface area contributed by atoms with Crippen molar-refractivity contribution < 1.29 is 23.2 Å². The summed E-state index contributed by atoms with van der Waals surface area (Å²) >= 11 is 0. The summed E-state index contributed by atoms with van der Waals surface area (Å²) < 4.78 is 40.2. The largest absolute Gasteiger partial charge is 0.409 e. The number of hydrogen-bond donors (Lipinski definition) is 2. The molecule has 3 N–H and O–H groups in total. The SMILES string of the molecule is NC(CCN(C(=O)c1c(F)cc(F)cc1F)C1CC1)=NO. The van der Waals surface area contributed by atoms with Gasteiger partial charge in [-0.25, -0.2) is 13.2 Å². The molecule has 21 heavy (non-hydrogen) atoms. The first kappa shape index (κ1) is 15.1. The highest BCUT2D eigenvalue weighted by atomic mass is 19.1. The number of carbonyl (C=O) groups excluding carboxylic acids is 1. The van der Waals surface area contributed by atoms with E-state index in [0.29, 0.717) is 25.0 Å². The lowest BCUT2D eigenvalue weighted by atomic mass is 10.1. The zero-order chi connectivity index (χ0) is 15.6. The average Bonchev–Trinajstić information content (AvgIpc) is 3.22. The molecule has 0 aromatic heterocycles. The maximum atomic E-state index is 13.7. The van der Waals surface area contributed by atoms with Gasteiger partial charge in [0, 0.05) is 31.1 Å². The first-order chi connectivity index (χ1) is 9.93. The molecule has 0 saturated heterocycles. The van der Waals surface area contributed by atoms with Crippen LogP contribution in [0.4, 0.5) is 13.2 Å². The lowest BCUT2D eigenvalue weighted by Crippen LogP contribution is -2.37. The molecule has 1 fully saturated rings. The number of nitrogens with two attached hydrogens (primary N) is 1. The van der Waals surface area contributed by atoms with Crippen LogP contribution in [0.2, 0.25) is 0 Å². The topological polar surface area (TPSA) is 78.9 Å². The molecule has 1 aliphatic carbocycles. The van der Waals surface area contributed by atoms with Crippen molar-refractivity contribution in [1.82, 2.24) is 4.90 Å². The third-order valence-corrected chi connectivity index (χ3v) is 3.21. The molecule has 1 aliphatic rings. The summed E-state index contributed by atoms with van der Waals surface area (Å²) in [5.74, 6) is -4.53. The van der Waals surface area contributed by atoms with Crippen LogP contribution in [0.5, 0.6) is 0 Å². The highest BCUT2D eigenvalue weighted by molar-refractivity contribution is 5.95. The Kier molecular flexibility index (Phi) is 4.35. The number of hydrogen-bond acceptors (Lipinski definition) is 3. The first-order valence-electron chi connectivity index (χ1n) is 6.36. The van der Waals surface area contributed by atoms with Gasteiger partial charge in [0.25, 0.3) is 5.91 Å². The highest BCUT2D eigenvalue weighted by Crippen LogP contribution is 2.29. The number of oxime groups is 1. The summed E-state index contributed by atoms with van der Waals surface area (Å²) in [6, 6.07) is 0.795. The van der Waals surface area contributed by atoms with Crippen LogP contribution in [-0.2, 0) is 0 Å². The van der Waals surface area contributed by atoms with E-state index in [9.17, 15) is 18.0 Å². The molecule has 1 aromatic carbocycles. The van der Waals surface area contributed by atoms with Crippen molar-refractivity contribution in [2.45, 2.75) is 25.3 Å². The number of rotatable bonds is 5. The molecule has 2 rings (SSSR count). The Bertz CT molecular complexity index is 565. The normalized spacial score (nSPS) is 15.1. The van der Waals surface area contributed by atoms with Crippen LogP contribution in [-0.4, -0.2) is 34.4 Å². The zero-order valence-corrected chi connectivity index (χ0v) is 11.0. The van der Waals surface area contributed by atoms with Crippen molar-refractivity contribution in [2.24, 2.45) is 10.9 Å². The fourth-order valence-corrected chi connectivity index (χ4v) is 2.01. The first-order valence-corrected chi connectivity index (χ1v) is 6.36. The number of amidine groups is 1. The number of amides is 1. The fraction of sp³-hybridized carbons (Fsp3) is 0.385. The van der Waals surface area contributed by atoms with Crippen molar-refractivity contribution >= 4 is 11.7 Å². The minimum Gasteiger partial charge on any atom is -0.409 e. The minimum absolute atomic E-state index is 0.0651. The summed E-state index contributed by atoms with van der Waals surface area (Å²) in [6.45, 7) is 0.0651. The van der Waals surface area contributed by atoms with Gasteiger partial charge in [-0.3, -0.25) is 4.79 Å². The van der Waals surface area contributed by atoms with Crippen molar-refractivity contribution in [3.05, 3.63) is 35.1 Å². The molecule has 0 radical (unpaired) electrons. The molecule has 5 nitrogen and oxygen atoms in total. The summed E-state index contributed by atoms with van der Waals surface area (Å²) in [4.78, 5) is 13.5. The maximum absolute atomic E-state index is 13.7. The van der Waals surface area contributed by atoms with Gasteiger partial charge in [0.15, 0.2) is 0 Å². The van der Waals surface area contributed by atoms with E-state index in [1.54, 1.807) is 0 Å². The molecule has 0 heterocycles. The minimum atomic E-state index is -1.24. The van der Waals surface area contributed by atoms with Gasteiger partial charge in [0.2, 0.25) is 0 Å². The van der Waals surface area contributed by atoms with E-state index in [-0.39, 0.29) is 24.8 Å². The monoisotopic (exact) mass is 301 g/mol. The van der Waals surface area contributed by atoms with Crippen LogP contribution in [0.3, 0.4) is 0 Å². The second-order valence-corrected chi connectivity index (χ2v) is 4.82. The van der Waals surface area contributed by atoms with E-state index >= 15 is 0 Å². The zero-order valence-electron chi connectivity index (χ0n) is 11.0. The van der Waals surface area contributed by atoms with Gasteiger partial charge in [-0.05, 0) is 12.8 Å². The van der Waals surface area contributed by atoms with Gasteiger partial charge in [0.1, 0.15) is 28.9 Å². The fourth-order valence-electron chi connectivity index (χ4n) is 2.01. The van der Waals surface area contributed by atoms with Crippen LogP contribution in [0.25, 0.3) is 0 Å². The van der Waals surface area contributed by atoms with E-state index in [1.165, 1.54) is 4.90 Å². The number of benzene rings is 1. The van der Waals surface area contributed by atoms with Gasteiger partial charge >= 0.3 is 0 Å². The maximum Gasteiger partial charge on any atom is 0.260 e.